The summed E-state index contributed by atoms with van der Waals surface area (Å²) in [6.07, 6.45) is 0. The van der Waals surface area contributed by atoms with E-state index in [0.29, 0.717) is 0 Å². The molecule has 2 N–H and O–H groups in total. The van der Waals surface area contributed by atoms with E-state index in [0.717, 1.165) is 0 Å². The van der Waals surface area contributed by atoms with Crippen LogP contribution in [0, 0.1) is 25.6 Å². The lowest BCUT2D eigenvalue weighted by atomic mass is 9.91. The zero-order valence-electron chi connectivity index (χ0n) is 7.16. The van der Waals surface area contributed by atoms with E-state index in [4.69, 9.17) is 10.2 Å². The van der Waals surface area contributed by atoms with Gasteiger partial charge in [-0.25, -0.2) is 0 Å². The van der Waals surface area contributed by atoms with Crippen LogP contribution in [0.5, 0.6) is 0 Å². The molecule has 0 aliphatic carbocycles. The molecule has 0 bridgehead atoms. The Hall–Kier alpha value is -1.48. The maximum Gasteiger partial charge on any atom is 0.294 e. The molecule has 9 heteroatoms. The first-order valence-corrected chi connectivity index (χ1v) is 3.56. The summed E-state index contributed by atoms with van der Waals surface area (Å²) in [7, 11) is 0. The molecule has 9 nitrogen and oxygen atoms in total. The van der Waals surface area contributed by atoms with Crippen LogP contribution in [0.15, 0.2) is 0 Å². The second kappa shape index (κ2) is 5.29. The molecule has 0 spiro atoms. The van der Waals surface area contributed by atoms with E-state index in [-0.39, 0.29) is 0 Å². The van der Waals surface area contributed by atoms with E-state index in [1.807, 2.05) is 0 Å². The summed E-state index contributed by atoms with van der Waals surface area (Å²) in [6.45, 7) is -3.04. The first-order valence-electron chi connectivity index (χ1n) is 3.56. The number of aliphatic hydroxyl groups is 2. The summed E-state index contributed by atoms with van der Waals surface area (Å²) < 4.78 is 0. The molecular weight excluding hydrogens is 200 g/mol. The second-order valence-corrected chi connectivity index (χ2v) is 2.80. The van der Waals surface area contributed by atoms with Gasteiger partial charge in [0.1, 0.15) is 12.0 Å². The van der Waals surface area contributed by atoms with Crippen molar-refractivity contribution in [1.82, 2.24) is 0 Å². The smallest absolute Gasteiger partial charge is 0.294 e. The fourth-order valence-corrected chi connectivity index (χ4v) is 0.750. The van der Waals surface area contributed by atoms with Gasteiger partial charge in [-0.05, 0) is 0 Å². The van der Waals surface area contributed by atoms with E-state index >= 15 is 0 Å². The number of hydrogen-bond acceptors (Lipinski definition) is 7. The zero-order chi connectivity index (χ0) is 11.2. The Morgan fingerprint density at radius 1 is 1.21 bits per heavy atom. The maximum absolute atomic E-state index is 10.1. The van der Waals surface area contributed by atoms with Crippen molar-refractivity contribution in [1.29, 1.82) is 0 Å². The number of hydrogen-bond donors (Lipinski definition) is 2. The highest BCUT2D eigenvalue weighted by molar-refractivity contribution is 4.76. The molecule has 0 saturated carbocycles. The van der Waals surface area contributed by atoms with Crippen LogP contribution in [0.1, 0.15) is 0 Å². The third kappa shape index (κ3) is 3.96. The molecule has 0 fully saturated rings. The Labute approximate surface area is 78.2 Å². The van der Waals surface area contributed by atoms with Gasteiger partial charge in [0.25, 0.3) is 5.09 Å². The van der Waals surface area contributed by atoms with Crippen molar-refractivity contribution in [3.05, 3.63) is 20.2 Å². The number of nitrogens with zero attached hydrogens (tertiary/aromatic N) is 2. The molecule has 0 aliphatic rings. The summed E-state index contributed by atoms with van der Waals surface area (Å²) in [6, 6.07) is 0. The molecule has 0 radical (unpaired) electrons. The summed E-state index contributed by atoms with van der Waals surface area (Å²) in [5, 5.41) is 36.4. The lowest BCUT2D eigenvalue weighted by molar-refractivity contribution is -0.762. The van der Waals surface area contributed by atoms with Gasteiger partial charge in [-0.15, -0.1) is 10.1 Å². The molecule has 0 unspecified atom stereocenters. The summed E-state index contributed by atoms with van der Waals surface area (Å²) in [5.74, 6) is 0. The van der Waals surface area contributed by atoms with Gasteiger partial charge in [-0.2, -0.15) is 0 Å². The van der Waals surface area contributed by atoms with Crippen molar-refractivity contribution in [2.75, 3.05) is 26.4 Å². The van der Waals surface area contributed by atoms with Crippen LogP contribution in [0.3, 0.4) is 0 Å². The van der Waals surface area contributed by atoms with Gasteiger partial charge in [-0.1, -0.05) is 0 Å². The molecule has 0 saturated heterocycles. The molecule has 0 rings (SSSR count). The van der Waals surface area contributed by atoms with E-state index in [1.165, 1.54) is 0 Å². The Kier molecular flexibility index (Phi) is 4.73. The van der Waals surface area contributed by atoms with Crippen molar-refractivity contribution >= 4 is 0 Å². The fraction of sp³-hybridized carbons (Fsp3) is 1.00. The van der Waals surface area contributed by atoms with Crippen molar-refractivity contribution in [2.45, 2.75) is 0 Å². The summed E-state index contributed by atoms with van der Waals surface area (Å²) in [5.41, 5.74) is -1.61. The minimum Gasteiger partial charge on any atom is -0.395 e. The molecular formula is C5H10N2O7. The Balaban J connectivity index is 4.36. The van der Waals surface area contributed by atoms with E-state index in [2.05, 4.69) is 4.84 Å². The Bertz CT molecular complexity index is 214. The highest BCUT2D eigenvalue weighted by Gasteiger charge is 2.36. The van der Waals surface area contributed by atoms with Gasteiger partial charge in [0.15, 0.2) is 0 Å². The van der Waals surface area contributed by atoms with E-state index < -0.39 is 41.8 Å². The summed E-state index contributed by atoms with van der Waals surface area (Å²) in [4.78, 5) is 23.1. The number of aliphatic hydroxyl groups excluding tert-OH is 2. The highest BCUT2D eigenvalue weighted by Crippen LogP contribution is 2.16. The van der Waals surface area contributed by atoms with Gasteiger partial charge in [0.2, 0.25) is 6.54 Å². The Morgan fingerprint density at radius 3 is 2.00 bits per heavy atom. The Morgan fingerprint density at radius 2 is 1.71 bits per heavy atom. The van der Waals surface area contributed by atoms with Crippen LogP contribution in [0.25, 0.3) is 0 Å². The molecule has 0 atom stereocenters. The molecule has 82 valence electrons. The fourth-order valence-electron chi connectivity index (χ4n) is 0.750. The van der Waals surface area contributed by atoms with Crippen LogP contribution in [0.4, 0.5) is 0 Å². The van der Waals surface area contributed by atoms with Crippen LogP contribution < -0.4 is 0 Å². The van der Waals surface area contributed by atoms with Gasteiger partial charge >= 0.3 is 0 Å². The molecule has 0 aliphatic heterocycles. The third-order valence-electron chi connectivity index (χ3n) is 1.61. The average molecular weight is 210 g/mol. The lowest BCUT2D eigenvalue weighted by Gasteiger charge is -2.23. The molecule has 0 aromatic heterocycles. The van der Waals surface area contributed by atoms with Crippen molar-refractivity contribution in [2.24, 2.45) is 5.41 Å². The minimum atomic E-state index is -1.61. The van der Waals surface area contributed by atoms with E-state index in [9.17, 15) is 20.2 Å². The molecule has 0 aromatic rings. The van der Waals surface area contributed by atoms with Crippen LogP contribution in [-0.4, -0.2) is 46.6 Å². The average Bonchev–Trinajstić information content (AvgIpc) is 2.11. The normalized spacial score (nSPS) is 11.0. The highest BCUT2D eigenvalue weighted by atomic mass is 16.9. The number of rotatable bonds is 7. The van der Waals surface area contributed by atoms with Crippen LogP contribution >= 0.6 is 0 Å². The molecule has 0 amide bonds. The number of nitro groups is 1. The first-order chi connectivity index (χ1) is 6.45. The monoisotopic (exact) mass is 210 g/mol. The van der Waals surface area contributed by atoms with Crippen LogP contribution in [0.2, 0.25) is 0 Å². The van der Waals surface area contributed by atoms with Crippen molar-refractivity contribution < 1.29 is 25.1 Å². The first kappa shape index (κ1) is 12.5. The molecule has 0 heterocycles. The zero-order valence-corrected chi connectivity index (χ0v) is 7.16. The maximum atomic E-state index is 10.1. The SMILES string of the molecule is O=[N+]([O-])CC(CO)(CO)CO[N+](=O)[O-]. The van der Waals surface area contributed by atoms with Crippen LogP contribution in [-0.2, 0) is 4.84 Å². The van der Waals surface area contributed by atoms with E-state index in [1.54, 1.807) is 0 Å². The second-order valence-electron chi connectivity index (χ2n) is 2.80. The standard InChI is InChI=1S/C5H10N2O7/c8-2-5(3-9,1-6(10)11)4-14-7(12)13/h8-9H,1-4H2. The van der Waals surface area contributed by atoms with Gasteiger partial charge in [0.05, 0.1) is 13.2 Å². The van der Waals surface area contributed by atoms with Gasteiger partial charge < -0.3 is 15.1 Å². The topological polar surface area (TPSA) is 136 Å². The predicted molar refractivity (Wildman–Crippen MR) is 41.4 cm³/mol. The minimum absolute atomic E-state index is 0.714. The lowest BCUT2D eigenvalue weighted by Crippen LogP contribution is -2.42. The molecule has 0 aromatic carbocycles. The molecule has 14 heavy (non-hydrogen) atoms. The third-order valence-corrected chi connectivity index (χ3v) is 1.61. The van der Waals surface area contributed by atoms with Crippen molar-refractivity contribution in [3.8, 4) is 0 Å². The van der Waals surface area contributed by atoms with Gasteiger partial charge in [-0.3, -0.25) is 10.1 Å². The largest absolute Gasteiger partial charge is 0.395 e. The van der Waals surface area contributed by atoms with Crippen molar-refractivity contribution in [3.63, 3.8) is 0 Å². The summed E-state index contributed by atoms with van der Waals surface area (Å²) >= 11 is 0. The van der Waals surface area contributed by atoms with Gasteiger partial charge in [0, 0.05) is 4.92 Å². The predicted octanol–water partition coefficient (Wildman–Crippen LogP) is -1.56. The quantitative estimate of drug-likeness (QED) is 0.383.